The number of carbonyl (C=O) groups is 2. The number of nitro benzene ring substituents is 1. The van der Waals surface area contributed by atoms with Crippen LogP contribution in [-0.4, -0.2) is 39.8 Å². The zero-order valence-corrected chi connectivity index (χ0v) is 16.9. The van der Waals surface area contributed by atoms with Crippen molar-refractivity contribution in [1.82, 2.24) is 9.97 Å². The molecule has 1 atom stereocenters. The highest BCUT2D eigenvalue weighted by Crippen LogP contribution is 2.31. The summed E-state index contributed by atoms with van der Waals surface area (Å²) in [7, 11) is 0. The first-order valence-electron chi connectivity index (χ1n) is 10.1. The minimum Gasteiger partial charge on any atom is -0.342 e. The van der Waals surface area contributed by atoms with Crippen molar-refractivity contribution < 1.29 is 14.5 Å². The Bertz CT molecular complexity index is 1090. The van der Waals surface area contributed by atoms with Gasteiger partial charge in [0.15, 0.2) is 0 Å². The molecule has 2 aliphatic heterocycles. The van der Waals surface area contributed by atoms with Crippen LogP contribution in [0.15, 0.2) is 29.1 Å². The number of carbonyl (C=O) groups excluding carboxylic acids is 2. The van der Waals surface area contributed by atoms with E-state index in [0.29, 0.717) is 17.6 Å². The Morgan fingerprint density at radius 3 is 2.55 bits per heavy atom. The van der Waals surface area contributed by atoms with Gasteiger partial charge in [-0.05, 0) is 30.9 Å². The zero-order valence-electron chi connectivity index (χ0n) is 16.9. The predicted molar refractivity (Wildman–Crippen MR) is 113 cm³/mol. The number of nitrogens with zero attached hydrogens (tertiary/aromatic N) is 3. The topological polar surface area (TPSA) is 150 Å². The lowest BCUT2D eigenvalue weighted by Gasteiger charge is -2.31. The molecule has 0 radical (unpaired) electrons. The standard InChI is InChI=1S/C20H22N6O5/c1-11-6-8-25(9-7-11)20-23-17-16(19(29)24-20)14(10-15(27)22-17)18(28)21-12-2-4-13(5-3-12)26(30)31/h2-5,11,14H,6-10H2,1H3,(H,21,28)(H2,22,23,24,27,29)/t14-/m0/s1. The number of fused-ring (bicyclic) bond motifs is 1. The van der Waals surface area contributed by atoms with Crippen molar-refractivity contribution in [3.8, 4) is 0 Å². The third-order valence-corrected chi connectivity index (χ3v) is 5.68. The first kappa shape index (κ1) is 20.5. The molecule has 1 saturated heterocycles. The first-order chi connectivity index (χ1) is 14.8. The number of anilines is 3. The summed E-state index contributed by atoms with van der Waals surface area (Å²) in [5.74, 6) is -0.910. The van der Waals surface area contributed by atoms with Gasteiger partial charge in [0.05, 0.1) is 16.4 Å². The molecule has 2 aliphatic rings. The summed E-state index contributed by atoms with van der Waals surface area (Å²) >= 11 is 0. The molecule has 4 rings (SSSR count). The molecule has 1 aromatic carbocycles. The molecular weight excluding hydrogens is 404 g/mol. The largest absolute Gasteiger partial charge is 0.342 e. The second-order valence-electron chi connectivity index (χ2n) is 7.92. The van der Waals surface area contributed by atoms with E-state index in [1.807, 2.05) is 4.90 Å². The molecule has 0 spiro atoms. The summed E-state index contributed by atoms with van der Waals surface area (Å²) in [5.41, 5.74) is -0.150. The van der Waals surface area contributed by atoms with E-state index in [2.05, 4.69) is 27.5 Å². The molecule has 1 fully saturated rings. The van der Waals surface area contributed by atoms with Gasteiger partial charge in [0.1, 0.15) is 5.82 Å². The Morgan fingerprint density at radius 1 is 1.23 bits per heavy atom. The number of aromatic nitrogens is 2. The quantitative estimate of drug-likeness (QED) is 0.499. The van der Waals surface area contributed by atoms with Gasteiger partial charge in [0.25, 0.3) is 11.2 Å². The number of rotatable bonds is 4. The lowest BCUT2D eigenvalue weighted by molar-refractivity contribution is -0.384. The Labute approximate surface area is 177 Å². The Kier molecular flexibility index (Phi) is 5.40. The number of amides is 2. The summed E-state index contributed by atoms with van der Waals surface area (Å²) in [6.07, 6.45) is 1.76. The molecule has 1 aromatic heterocycles. The van der Waals surface area contributed by atoms with Gasteiger partial charge >= 0.3 is 0 Å². The van der Waals surface area contributed by atoms with Crippen LogP contribution in [0.3, 0.4) is 0 Å². The van der Waals surface area contributed by atoms with Crippen molar-refractivity contribution in [3.05, 3.63) is 50.3 Å². The maximum Gasteiger partial charge on any atom is 0.269 e. The molecule has 0 bridgehead atoms. The third-order valence-electron chi connectivity index (χ3n) is 5.68. The van der Waals surface area contributed by atoms with E-state index in [1.54, 1.807) is 0 Å². The highest BCUT2D eigenvalue weighted by Gasteiger charge is 2.35. The van der Waals surface area contributed by atoms with Crippen molar-refractivity contribution in [3.63, 3.8) is 0 Å². The van der Waals surface area contributed by atoms with Gasteiger partial charge in [0.2, 0.25) is 17.8 Å². The van der Waals surface area contributed by atoms with Crippen LogP contribution in [0.25, 0.3) is 0 Å². The Balaban J connectivity index is 1.59. The van der Waals surface area contributed by atoms with E-state index in [1.165, 1.54) is 24.3 Å². The number of nitrogens with one attached hydrogen (secondary N) is 3. The smallest absolute Gasteiger partial charge is 0.269 e. The molecule has 0 saturated carbocycles. The summed E-state index contributed by atoms with van der Waals surface area (Å²) in [6, 6.07) is 5.31. The number of hydrogen-bond donors (Lipinski definition) is 3. The maximum absolute atomic E-state index is 12.9. The SMILES string of the molecule is CC1CCN(c2nc3c(c(=O)[nH]2)[C@@H](C(=O)Nc2ccc([N+](=O)[O-])cc2)CC(=O)N3)CC1. The molecular formula is C20H22N6O5. The summed E-state index contributed by atoms with van der Waals surface area (Å²) in [4.78, 5) is 57.3. The van der Waals surface area contributed by atoms with E-state index in [4.69, 9.17) is 0 Å². The average molecular weight is 426 g/mol. The van der Waals surface area contributed by atoms with Gasteiger partial charge in [-0.3, -0.25) is 29.5 Å². The number of hydrogen-bond acceptors (Lipinski definition) is 7. The minimum atomic E-state index is -1.02. The van der Waals surface area contributed by atoms with Gasteiger partial charge in [-0.2, -0.15) is 4.98 Å². The number of nitro groups is 1. The van der Waals surface area contributed by atoms with Crippen LogP contribution in [0.1, 0.15) is 37.7 Å². The van der Waals surface area contributed by atoms with Gasteiger partial charge in [-0.1, -0.05) is 6.92 Å². The lowest BCUT2D eigenvalue weighted by Crippen LogP contribution is -2.39. The van der Waals surface area contributed by atoms with Crippen LogP contribution in [0, 0.1) is 16.0 Å². The molecule has 0 unspecified atom stereocenters. The van der Waals surface area contributed by atoms with E-state index in [9.17, 15) is 24.5 Å². The second-order valence-corrected chi connectivity index (χ2v) is 7.92. The normalized spacial score (nSPS) is 18.8. The van der Waals surface area contributed by atoms with Crippen LogP contribution in [0.4, 0.5) is 23.1 Å². The van der Waals surface area contributed by atoms with Gasteiger partial charge in [0, 0.05) is 37.3 Å². The summed E-state index contributed by atoms with van der Waals surface area (Å²) < 4.78 is 0. The summed E-state index contributed by atoms with van der Waals surface area (Å²) in [6.45, 7) is 3.68. The molecule has 11 heteroatoms. The van der Waals surface area contributed by atoms with Crippen molar-refractivity contribution in [2.45, 2.75) is 32.1 Å². The lowest BCUT2D eigenvalue weighted by atomic mass is 9.92. The van der Waals surface area contributed by atoms with E-state index < -0.39 is 28.2 Å². The molecule has 3 N–H and O–H groups in total. The van der Waals surface area contributed by atoms with Crippen LogP contribution in [0.2, 0.25) is 0 Å². The molecule has 3 heterocycles. The third kappa shape index (κ3) is 4.25. The highest BCUT2D eigenvalue weighted by molar-refractivity contribution is 6.04. The maximum atomic E-state index is 12.9. The average Bonchev–Trinajstić information content (AvgIpc) is 2.73. The number of H-pyrrole nitrogens is 1. The van der Waals surface area contributed by atoms with Crippen LogP contribution < -0.4 is 21.1 Å². The fourth-order valence-electron chi connectivity index (χ4n) is 3.85. The van der Waals surface area contributed by atoms with Crippen molar-refractivity contribution in [2.75, 3.05) is 28.6 Å². The molecule has 2 aromatic rings. The molecule has 162 valence electrons. The predicted octanol–water partition coefficient (Wildman–Crippen LogP) is 1.98. The summed E-state index contributed by atoms with van der Waals surface area (Å²) in [5, 5.41) is 16.0. The number of benzene rings is 1. The Hall–Kier alpha value is -3.76. The molecule has 2 amide bonds. The van der Waals surface area contributed by atoms with E-state index in [-0.39, 0.29) is 23.5 Å². The van der Waals surface area contributed by atoms with Crippen molar-refractivity contribution >= 4 is 35.0 Å². The number of piperidine rings is 1. The Morgan fingerprint density at radius 2 is 1.90 bits per heavy atom. The first-order valence-corrected chi connectivity index (χ1v) is 10.1. The molecule has 31 heavy (non-hydrogen) atoms. The zero-order chi connectivity index (χ0) is 22.1. The van der Waals surface area contributed by atoms with Crippen molar-refractivity contribution in [1.29, 1.82) is 0 Å². The number of non-ortho nitro benzene ring substituents is 1. The van der Waals surface area contributed by atoms with Crippen LogP contribution >= 0.6 is 0 Å². The van der Waals surface area contributed by atoms with E-state index in [0.717, 1.165) is 25.9 Å². The molecule has 11 nitrogen and oxygen atoms in total. The van der Waals surface area contributed by atoms with Gasteiger partial charge in [-0.25, -0.2) is 0 Å². The number of aromatic amines is 1. The van der Waals surface area contributed by atoms with Crippen LogP contribution in [0.5, 0.6) is 0 Å². The molecule has 0 aliphatic carbocycles. The fourth-order valence-corrected chi connectivity index (χ4v) is 3.85. The van der Waals surface area contributed by atoms with Gasteiger partial charge in [-0.15, -0.1) is 0 Å². The highest BCUT2D eigenvalue weighted by atomic mass is 16.6. The van der Waals surface area contributed by atoms with E-state index >= 15 is 0 Å². The van der Waals surface area contributed by atoms with Crippen LogP contribution in [-0.2, 0) is 9.59 Å². The van der Waals surface area contributed by atoms with Crippen molar-refractivity contribution in [2.24, 2.45) is 5.92 Å². The minimum absolute atomic E-state index is 0.0949. The van der Waals surface area contributed by atoms with Gasteiger partial charge < -0.3 is 15.5 Å². The fraction of sp³-hybridized carbons (Fsp3) is 0.400. The monoisotopic (exact) mass is 426 g/mol. The second kappa shape index (κ2) is 8.17.